The molecule has 0 spiro atoms. The lowest BCUT2D eigenvalue weighted by Crippen LogP contribution is -2.60. The minimum absolute atomic E-state index is 0.858. The van der Waals surface area contributed by atoms with Gasteiger partial charge in [0.2, 0.25) is 0 Å². The van der Waals surface area contributed by atoms with E-state index in [-0.39, 0.29) is 0 Å². The number of hydrogen-bond donors (Lipinski definition) is 0. The lowest BCUT2D eigenvalue weighted by Gasteiger charge is -2.43. The highest BCUT2D eigenvalue weighted by Gasteiger charge is 2.49. The third-order valence-corrected chi connectivity index (χ3v) is 18.9. The lowest BCUT2D eigenvalue weighted by molar-refractivity contribution is 0.250. The van der Waals surface area contributed by atoms with Gasteiger partial charge in [0.1, 0.15) is 0 Å². The van der Waals surface area contributed by atoms with Gasteiger partial charge in [0.15, 0.2) is 33.3 Å². The third kappa shape index (κ3) is 17.2. The summed E-state index contributed by atoms with van der Waals surface area (Å²) in [6.45, 7) is 28.0. The van der Waals surface area contributed by atoms with Gasteiger partial charge in [0, 0.05) is 12.7 Å². The van der Waals surface area contributed by atoms with Crippen molar-refractivity contribution in [2.75, 3.05) is 6.61 Å². The molecule has 0 aliphatic rings. The molecule has 9 heteroatoms. The van der Waals surface area contributed by atoms with Crippen LogP contribution in [0.4, 0.5) is 0 Å². The van der Waals surface area contributed by atoms with Crippen LogP contribution in [0.25, 0.3) is 0 Å². The molecule has 0 radical (unpaired) electrons. The Balaban J connectivity index is 4.83. The van der Waals surface area contributed by atoms with Crippen LogP contribution in [0.15, 0.2) is 0 Å². The maximum Gasteiger partial charge on any atom is 0.469 e. The molecule has 0 bridgehead atoms. The summed E-state index contributed by atoms with van der Waals surface area (Å²) in [6, 6.07) is 2.25. The highest BCUT2D eigenvalue weighted by Crippen LogP contribution is 2.30. The summed E-state index contributed by atoms with van der Waals surface area (Å²) in [6.07, 6.45) is 6.27. The molecule has 0 rings (SSSR count). The van der Waals surface area contributed by atoms with Gasteiger partial charge in [0.25, 0.3) is 0 Å². The van der Waals surface area contributed by atoms with Crippen molar-refractivity contribution >= 4 is 42.1 Å². The van der Waals surface area contributed by atoms with Crippen molar-refractivity contribution in [3.8, 4) is 0 Å². The van der Waals surface area contributed by atoms with Crippen LogP contribution in [0.2, 0.25) is 84.1 Å². The average molecular weight is 497 g/mol. The van der Waals surface area contributed by atoms with Gasteiger partial charge in [-0.2, -0.15) is 0 Å². The number of rotatable bonds is 16. The van der Waals surface area contributed by atoms with Crippen molar-refractivity contribution in [3.05, 3.63) is 0 Å². The van der Waals surface area contributed by atoms with Crippen LogP contribution in [0.3, 0.4) is 0 Å². The summed E-state index contributed by atoms with van der Waals surface area (Å²) in [5.41, 5.74) is 0. The largest absolute Gasteiger partial charge is 0.469 e. The summed E-state index contributed by atoms with van der Waals surface area (Å²) in [7, 11) is -9.33. The van der Waals surface area contributed by atoms with Crippen LogP contribution >= 0.6 is 0 Å². The van der Waals surface area contributed by atoms with Gasteiger partial charge >= 0.3 is 8.80 Å². The van der Waals surface area contributed by atoms with Crippen LogP contribution in [0.1, 0.15) is 39.0 Å². The predicted octanol–water partition coefficient (Wildman–Crippen LogP) is 7.67. The Morgan fingerprint density at radius 3 is 1.17 bits per heavy atom. The Labute approximate surface area is 188 Å². The van der Waals surface area contributed by atoms with Crippen LogP contribution in [-0.2, 0) is 16.8 Å². The normalized spacial score (nSPS) is 14.5. The van der Waals surface area contributed by atoms with E-state index < -0.39 is 42.1 Å². The Hall–Kier alpha value is 0.924. The fraction of sp³-hybridized carbons (Fsp3) is 1.00. The Morgan fingerprint density at radius 1 is 0.483 bits per heavy atom. The molecule has 0 saturated carbocycles. The molecule has 29 heavy (non-hydrogen) atoms. The lowest BCUT2D eigenvalue weighted by atomic mass is 10.2. The number of unbranched alkanes of at least 4 members (excludes halogenated alkanes) is 4. The first-order chi connectivity index (χ1) is 12.9. The van der Waals surface area contributed by atoms with Crippen LogP contribution in [-0.4, -0.2) is 48.7 Å². The van der Waals surface area contributed by atoms with Gasteiger partial charge in [-0.1, -0.05) is 25.7 Å². The molecule has 0 N–H and O–H groups in total. The molecule has 176 valence electrons. The molecule has 0 unspecified atom stereocenters. The molecular formula is C20H52O4Si5. The number of hydrogen-bond acceptors (Lipinski definition) is 4. The minimum atomic E-state index is -2.64. The van der Waals surface area contributed by atoms with E-state index in [4.69, 9.17) is 16.8 Å². The topological polar surface area (TPSA) is 36.9 Å². The molecule has 0 aromatic rings. The average Bonchev–Trinajstić information content (AvgIpc) is 2.39. The highest BCUT2D eigenvalue weighted by atomic mass is 28.5. The SMILES string of the molecule is CCO[Si](C)(C)CCCCCCC[Si](O[Si](C)(C)C)(O[Si](C)(C)C)O[Si](C)(C)C. The van der Waals surface area contributed by atoms with Crippen LogP contribution < -0.4 is 0 Å². The quantitative estimate of drug-likeness (QED) is 0.162. The van der Waals surface area contributed by atoms with E-state index in [2.05, 4.69) is 78.9 Å². The van der Waals surface area contributed by atoms with E-state index in [1.807, 2.05) is 0 Å². The zero-order valence-electron chi connectivity index (χ0n) is 21.8. The van der Waals surface area contributed by atoms with Crippen molar-refractivity contribution in [1.29, 1.82) is 0 Å². The van der Waals surface area contributed by atoms with E-state index in [1.54, 1.807) is 0 Å². The van der Waals surface area contributed by atoms with E-state index in [9.17, 15) is 0 Å². The maximum atomic E-state index is 6.77. The molecule has 0 atom stereocenters. The zero-order valence-corrected chi connectivity index (χ0v) is 26.8. The van der Waals surface area contributed by atoms with Crippen molar-refractivity contribution in [2.24, 2.45) is 0 Å². The summed E-state index contributed by atoms with van der Waals surface area (Å²) >= 11 is 0. The van der Waals surface area contributed by atoms with Crippen LogP contribution in [0.5, 0.6) is 0 Å². The van der Waals surface area contributed by atoms with Crippen molar-refractivity contribution < 1.29 is 16.8 Å². The molecule has 0 aromatic carbocycles. The molecule has 0 aliphatic heterocycles. The molecular weight excluding hydrogens is 445 g/mol. The molecule has 0 saturated heterocycles. The molecule has 4 nitrogen and oxygen atoms in total. The minimum Gasteiger partial charge on any atom is -0.418 e. The third-order valence-electron chi connectivity index (χ3n) is 4.18. The molecule has 0 amide bonds. The van der Waals surface area contributed by atoms with Crippen molar-refractivity contribution in [1.82, 2.24) is 0 Å². The van der Waals surface area contributed by atoms with E-state index in [0.717, 1.165) is 19.1 Å². The van der Waals surface area contributed by atoms with Crippen LogP contribution in [0, 0.1) is 0 Å². The Bertz CT molecular complexity index is 412. The monoisotopic (exact) mass is 496 g/mol. The summed E-state index contributed by atoms with van der Waals surface area (Å²) in [5.74, 6) is 0. The predicted molar refractivity (Wildman–Crippen MR) is 141 cm³/mol. The maximum absolute atomic E-state index is 6.77. The molecule has 0 aliphatic carbocycles. The standard InChI is InChI=1S/C20H52O4Si5/c1-13-21-28(11,12)19-17-15-14-16-18-20-29(22-25(2,3)4,23-26(5,6)7)24-27(8,9)10/h13-20H2,1-12H3. The molecule has 0 aromatic heterocycles. The second kappa shape index (κ2) is 12.2. The Morgan fingerprint density at radius 2 is 0.828 bits per heavy atom. The van der Waals surface area contributed by atoms with E-state index in [1.165, 1.54) is 31.7 Å². The fourth-order valence-corrected chi connectivity index (χ4v) is 20.3. The van der Waals surface area contributed by atoms with Gasteiger partial charge in [-0.05, 0) is 91.4 Å². The first-order valence-corrected chi connectivity index (χ1v) is 26.9. The first kappa shape index (κ1) is 29.9. The van der Waals surface area contributed by atoms with Gasteiger partial charge < -0.3 is 16.8 Å². The second-order valence-electron chi connectivity index (χ2n) is 11.8. The Kier molecular flexibility index (Phi) is 12.6. The van der Waals surface area contributed by atoms with Gasteiger partial charge in [-0.25, -0.2) is 0 Å². The van der Waals surface area contributed by atoms with Gasteiger partial charge in [0.05, 0.1) is 0 Å². The summed E-state index contributed by atoms with van der Waals surface area (Å²) in [5, 5.41) is 0. The summed E-state index contributed by atoms with van der Waals surface area (Å²) < 4.78 is 26.3. The molecule has 0 heterocycles. The van der Waals surface area contributed by atoms with Gasteiger partial charge in [-0.15, -0.1) is 0 Å². The van der Waals surface area contributed by atoms with Gasteiger partial charge in [-0.3, -0.25) is 0 Å². The second-order valence-corrected chi connectivity index (χ2v) is 33.1. The fourth-order valence-electron chi connectivity index (χ4n) is 3.50. The van der Waals surface area contributed by atoms with Crippen molar-refractivity contribution in [3.63, 3.8) is 0 Å². The first-order valence-electron chi connectivity index (χ1n) is 11.6. The molecule has 0 fully saturated rings. The highest BCUT2D eigenvalue weighted by molar-refractivity contribution is 6.90. The smallest absolute Gasteiger partial charge is 0.418 e. The summed E-state index contributed by atoms with van der Waals surface area (Å²) in [4.78, 5) is 0. The van der Waals surface area contributed by atoms with Crippen molar-refractivity contribution in [2.45, 2.75) is 123 Å². The zero-order chi connectivity index (χ0) is 23.0. The van der Waals surface area contributed by atoms with E-state index in [0.29, 0.717) is 0 Å². The van der Waals surface area contributed by atoms with E-state index >= 15 is 0 Å².